The molecule has 4 aliphatic rings. The summed E-state index contributed by atoms with van der Waals surface area (Å²) in [6.45, 7) is 5.24. The van der Waals surface area contributed by atoms with Crippen LogP contribution in [-0.2, 0) is 6.54 Å². The molecule has 6 rings (SSSR count). The number of aryl methyl sites for hydroxylation is 1. The maximum atomic E-state index is 4.89. The second-order valence-electron chi connectivity index (χ2n) is 8.97. The Morgan fingerprint density at radius 3 is 2.62 bits per heavy atom. The van der Waals surface area contributed by atoms with Crippen molar-refractivity contribution < 1.29 is 0 Å². The topological polar surface area (TPSA) is 75.5 Å². The first kappa shape index (κ1) is 15.2. The van der Waals surface area contributed by atoms with Gasteiger partial charge in [0.05, 0.1) is 0 Å². The van der Waals surface area contributed by atoms with Crippen LogP contribution in [0.4, 0.5) is 5.95 Å². The highest BCUT2D eigenvalue weighted by atomic mass is 15.4. The van der Waals surface area contributed by atoms with Gasteiger partial charge in [0, 0.05) is 31.5 Å². The Kier molecular flexibility index (Phi) is 3.23. The van der Waals surface area contributed by atoms with Crippen LogP contribution in [0.1, 0.15) is 67.8 Å². The summed E-state index contributed by atoms with van der Waals surface area (Å²) in [6, 6.07) is 0. The van der Waals surface area contributed by atoms with Crippen LogP contribution in [0.3, 0.4) is 0 Å². The first-order valence-electron chi connectivity index (χ1n) is 10.3. The van der Waals surface area contributed by atoms with E-state index in [9.17, 15) is 0 Å². The fourth-order valence-electron chi connectivity index (χ4n) is 4.64. The average Bonchev–Trinajstić information content (AvgIpc) is 3.56. The molecule has 0 amide bonds. The first-order chi connectivity index (χ1) is 12.8. The Morgan fingerprint density at radius 1 is 1.04 bits per heavy atom. The van der Waals surface area contributed by atoms with Crippen molar-refractivity contribution >= 4 is 5.95 Å². The van der Waals surface area contributed by atoms with Crippen LogP contribution in [-0.4, -0.2) is 43.0 Å². The summed E-state index contributed by atoms with van der Waals surface area (Å²) in [5, 5.41) is 16.8. The van der Waals surface area contributed by atoms with Crippen LogP contribution in [0.2, 0.25) is 0 Å². The molecule has 0 radical (unpaired) electrons. The lowest BCUT2D eigenvalue weighted by atomic mass is 9.91. The molecule has 4 fully saturated rings. The van der Waals surface area contributed by atoms with Gasteiger partial charge in [0.1, 0.15) is 11.6 Å². The minimum atomic E-state index is 0.453. The van der Waals surface area contributed by atoms with Crippen molar-refractivity contribution in [3.8, 4) is 0 Å². The molecular formula is C19H27N7. The molecule has 0 aromatic carbocycles. The summed E-state index contributed by atoms with van der Waals surface area (Å²) in [6.07, 6.45) is 7.95. The molecule has 3 heterocycles. The van der Waals surface area contributed by atoms with E-state index in [4.69, 9.17) is 4.98 Å². The molecule has 2 aromatic rings. The molecule has 26 heavy (non-hydrogen) atoms. The molecule has 7 nitrogen and oxygen atoms in total. The van der Waals surface area contributed by atoms with Crippen LogP contribution < -0.4 is 4.90 Å². The molecule has 3 aliphatic carbocycles. The molecule has 3 saturated carbocycles. The van der Waals surface area contributed by atoms with Crippen molar-refractivity contribution in [2.45, 2.75) is 63.8 Å². The number of anilines is 1. The van der Waals surface area contributed by atoms with E-state index in [0.29, 0.717) is 17.8 Å². The van der Waals surface area contributed by atoms with E-state index < -0.39 is 0 Å². The number of hydrogen-bond acceptors (Lipinski definition) is 5. The summed E-state index contributed by atoms with van der Waals surface area (Å²) in [4.78, 5) is 7.36. The largest absolute Gasteiger partial charge is 0.340 e. The van der Waals surface area contributed by atoms with E-state index in [1.165, 1.54) is 38.5 Å². The summed E-state index contributed by atoms with van der Waals surface area (Å²) in [5.74, 6) is 7.68. The fourth-order valence-corrected chi connectivity index (χ4v) is 4.64. The molecule has 1 N–H and O–H groups in total. The summed E-state index contributed by atoms with van der Waals surface area (Å²) >= 11 is 0. The predicted molar refractivity (Wildman–Crippen MR) is 97.0 cm³/mol. The zero-order valence-electron chi connectivity index (χ0n) is 15.4. The van der Waals surface area contributed by atoms with Gasteiger partial charge in [-0.05, 0) is 63.2 Å². The minimum absolute atomic E-state index is 0.453. The van der Waals surface area contributed by atoms with Gasteiger partial charge < -0.3 is 4.90 Å². The maximum Gasteiger partial charge on any atom is 0.227 e. The average molecular weight is 353 g/mol. The van der Waals surface area contributed by atoms with E-state index in [2.05, 4.69) is 36.8 Å². The third kappa shape index (κ3) is 2.63. The van der Waals surface area contributed by atoms with Crippen molar-refractivity contribution in [2.75, 3.05) is 18.0 Å². The third-order valence-electron chi connectivity index (χ3n) is 6.74. The van der Waals surface area contributed by atoms with Gasteiger partial charge in [-0.1, -0.05) is 0 Å². The molecule has 1 aliphatic heterocycles. The van der Waals surface area contributed by atoms with Crippen molar-refractivity contribution in [2.24, 2.45) is 17.8 Å². The molecule has 0 unspecified atom stereocenters. The Balaban J connectivity index is 1.28. The maximum absolute atomic E-state index is 4.89. The SMILES string of the molecule is Cc1nnc(N2C[C@H](c3nc(C4CC4)n[nH]3)[C@@H](C3CC3)C2)n1CC1CC1. The zero-order valence-corrected chi connectivity index (χ0v) is 15.4. The number of aromatic nitrogens is 6. The monoisotopic (exact) mass is 353 g/mol. The molecule has 2 atom stereocenters. The van der Waals surface area contributed by atoms with Crippen molar-refractivity contribution in [3.05, 3.63) is 17.5 Å². The Labute approximate surface area is 153 Å². The molecule has 1 saturated heterocycles. The second-order valence-corrected chi connectivity index (χ2v) is 8.97. The van der Waals surface area contributed by atoms with Crippen LogP contribution in [0.25, 0.3) is 0 Å². The first-order valence-corrected chi connectivity index (χ1v) is 10.3. The Morgan fingerprint density at radius 2 is 1.88 bits per heavy atom. The van der Waals surface area contributed by atoms with Crippen molar-refractivity contribution in [1.29, 1.82) is 0 Å². The molecule has 138 valence electrons. The molecule has 0 bridgehead atoms. The number of aromatic amines is 1. The summed E-state index contributed by atoms with van der Waals surface area (Å²) in [7, 11) is 0. The van der Waals surface area contributed by atoms with E-state index in [1.54, 1.807) is 0 Å². The van der Waals surface area contributed by atoms with Crippen molar-refractivity contribution in [1.82, 2.24) is 29.9 Å². The summed E-state index contributed by atoms with van der Waals surface area (Å²) < 4.78 is 2.35. The lowest BCUT2D eigenvalue weighted by Gasteiger charge is -2.18. The van der Waals surface area contributed by atoms with Gasteiger partial charge in [0.15, 0.2) is 5.82 Å². The molecule has 0 spiro atoms. The molecular weight excluding hydrogens is 326 g/mol. The van der Waals surface area contributed by atoms with Gasteiger partial charge in [-0.25, -0.2) is 4.98 Å². The van der Waals surface area contributed by atoms with Gasteiger partial charge in [-0.3, -0.25) is 9.67 Å². The van der Waals surface area contributed by atoms with E-state index in [0.717, 1.165) is 54.9 Å². The van der Waals surface area contributed by atoms with Gasteiger partial charge in [-0.15, -0.1) is 10.2 Å². The molecule has 7 heteroatoms. The van der Waals surface area contributed by atoms with E-state index >= 15 is 0 Å². The zero-order chi connectivity index (χ0) is 17.3. The Bertz CT molecular complexity index is 812. The highest BCUT2D eigenvalue weighted by Gasteiger charge is 2.46. The smallest absolute Gasteiger partial charge is 0.227 e. The molecule has 2 aromatic heterocycles. The van der Waals surface area contributed by atoms with Gasteiger partial charge in [0.2, 0.25) is 5.95 Å². The third-order valence-corrected chi connectivity index (χ3v) is 6.74. The van der Waals surface area contributed by atoms with Gasteiger partial charge in [0.25, 0.3) is 0 Å². The van der Waals surface area contributed by atoms with Crippen molar-refractivity contribution in [3.63, 3.8) is 0 Å². The fraction of sp³-hybridized carbons (Fsp3) is 0.789. The lowest BCUT2D eigenvalue weighted by Crippen LogP contribution is -2.25. The number of H-pyrrole nitrogens is 1. The van der Waals surface area contributed by atoms with Crippen LogP contribution in [0.5, 0.6) is 0 Å². The van der Waals surface area contributed by atoms with Crippen LogP contribution in [0.15, 0.2) is 0 Å². The van der Waals surface area contributed by atoms with Gasteiger partial charge in [-0.2, -0.15) is 5.10 Å². The number of hydrogen-bond donors (Lipinski definition) is 1. The quantitative estimate of drug-likeness (QED) is 0.864. The Hall–Kier alpha value is -1.92. The summed E-state index contributed by atoms with van der Waals surface area (Å²) in [5.41, 5.74) is 0. The number of nitrogens with one attached hydrogen (secondary N) is 1. The number of nitrogens with zero attached hydrogens (tertiary/aromatic N) is 6. The lowest BCUT2D eigenvalue weighted by molar-refractivity contribution is 0.444. The highest BCUT2D eigenvalue weighted by molar-refractivity contribution is 5.36. The second kappa shape index (κ2) is 5.54. The highest BCUT2D eigenvalue weighted by Crippen LogP contribution is 2.48. The van der Waals surface area contributed by atoms with Gasteiger partial charge >= 0.3 is 0 Å². The predicted octanol–water partition coefficient (Wildman–Crippen LogP) is 2.62. The standard InChI is InChI=1S/C19H27N7/c1-11-21-24-19(26(11)8-12-2-3-12)25-9-15(13-4-5-13)16(10-25)18-20-17(22-23-18)14-6-7-14/h12-16H,2-10H2,1H3,(H,20,22,23)/t15-,16+/m1/s1. The minimum Gasteiger partial charge on any atom is -0.340 e. The van der Waals surface area contributed by atoms with E-state index in [1.807, 2.05) is 0 Å². The number of rotatable bonds is 6. The van der Waals surface area contributed by atoms with E-state index in [-0.39, 0.29) is 0 Å². The van der Waals surface area contributed by atoms with Crippen LogP contribution >= 0.6 is 0 Å². The van der Waals surface area contributed by atoms with Crippen LogP contribution in [0, 0.1) is 24.7 Å². The normalized spacial score (nSPS) is 28.9.